The summed E-state index contributed by atoms with van der Waals surface area (Å²) in [7, 11) is 0. The fourth-order valence-corrected chi connectivity index (χ4v) is 2.45. The smallest absolute Gasteiger partial charge is 0.132 e. The van der Waals surface area contributed by atoms with Gasteiger partial charge in [-0.15, -0.1) is 0 Å². The number of hydrogen-bond donors (Lipinski definition) is 1. The minimum atomic E-state index is 0.515. The second kappa shape index (κ2) is 4.60. The second-order valence-corrected chi connectivity index (χ2v) is 4.85. The second-order valence-electron chi connectivity index (χ2n) is 3.58. The maximum atomic E-state index is 6.07. The highest BCUT2D eigenvalue weighted by Crippen LogP contribution is 2.29. The van der Waals surface area contributed by atoms with Gasteiger partial charge in [-0.3, -0.25) is 0 Å². The van der Waals surface area contributed by atoms with E-state index in [-0.39, 0.29) is 0 Å². The van der Waals surface area contributed by atoms with Gasteiger partial charge in [-0.05, 0) is 52.9 Å². The molecule has 1 saturated heterocycles. The zero-order valence-corrected chi connectivity index (χ0v) is 10.1. The Labute approximate surface area is 97.2 Å². The largest absolute Gasteiger partial charge is 0.316 e. The molecular weight excluding hydrogens is 263 g/mol. The van der Waals surface area contributed by atoms with Gasteiger partial charge in [0.05, 0.1) is 0 Å². The van der Waals surface area contributed by atoms with Crippen LogP contribution in [0.15, 0.2) is 16.7 Å². The lowest BCUT2D eigenvalue weighted by atomic mass is 9.93. The molecule has 0 saturated carbocycles. The van der Waals surface area contributed by atoms with Gasteiger partial charge in [0.25, 0.3) is 0 Å². The van der Waals surface area contributed by atoms with Crippen LogP contribution in [0.25, 0.3) is 0 Å². The Bertz CT molecular complexity index is 324. The van der Waals surface area contributed by atoms with E-state index < -0.39 is 0 Å². The molecule has 0 aromatic carbocycles. The molecule has 1 unspecified atom stereocenters. The van der Waals surface area contributed by atoms with Gasteiger partial charge in [-0.2, -0.15) is 0 Å². The average molecular weight is 276 g/mol. The lowest BCUT2D eigenvalue weighted by Crippen LogP contribution is -2.28. The van der Waals surface area contributed by atoms with Gasteiger partial charge in [0.15, 0.2) is 0 Å². The van der Waals surface area contributed by atoms with Gasteiger partial charge in [-0.25, -0.2) is 4.98 Å². The number of nitrogens with one attached hydrogen (secondary N) is 1. The van der Waals surface area contributed by atoms with E-state index >= 15 is 0 Å². The van der Waals surface area contributed by atoms with E-state index in [2.05, 4.69) is 32.3 Å². The van der Waals surface area contributed by atoms with Crippen molar-refractivity contribution in [1.29, 1.82) is 0 Å². The molecule has 2 nitrogen and oxygen atoms in total. The number of rotatable bonds is 1. The molecule has 76 valence electrons. The van der Waals surface area contributed by atoms with Crippen molar-refractivity contribution in [3.8, 4) is 0 Å². The van der Waals surface area contributed by atoms with Crippen LogP contribution >= 0.6 is 27.5 Å². The molecule has 2 heterocycles. The summed E-state index contributed by atoms with van der Waals surface area (Å²) in [5.74, 6) is 0.515. The zero-order valence-electron chi connectivity index (χ0n) is 7.76. The van der Waals surface area contributed by atoms with Crippen molar-refractivity contribution in [3.05, 3.63) is 27.5 Å². The van der Waals surface area contributed by atoms with Crippen LogP contribution in [0.3, 0.4) is 0 Å². The minimum absolute atomic E-state index is 0.515. The van der Waals surface area contributed by atoms with E-state index in [1.165, 1.54) is 12.8 Å². The Morgan fingerprint density at radius 3 is 3.14 bits per heavy atom. The summed E-state index contributed by atoms with van der Waals surface area (Å²) in [6.45, 7) is 2.13. The van der Waals surface area contributed by atoms with Gasteiger partial charge in [0, 0.05) is 17.2 Å². The van der Waals surface area contributed by atoms with E-state index in [4.69, 9.17) is 11.6 Å². The fraction of sp³-hybridized carbons (Fsp3) is 0.500. The molecular formula is C10H12BrClN2. The van der Waals surface area contributed by atoms with Gasteiger partial charge >= 0.3 is 0 Å². The predicted molar refractivity (Wildman–Crippen MR) is 61.8 cm³/mol. The predicted octanol–water partition coefficient (Wildman–Crippen LogP) is 2.96. The third kappa shape index (κ3) is 2.27. The van der Waals surface area contributed by atoms with Crippen molar-refractivity contribution < 1.29 is 0 Å². The lowest BCUT2D eigenvalue weighted by Gasteiger charge is -2.23. The highest BCUT2D eigenvalue weighted by atomic mass is 79.9. The van der Waals surface area contributed by atoms with Gasteiger partial charge in [-0.1, -0.05) is 11.6 Å². The Balaban J connectivity index is 2.24. The highest BCUT2D eigenvalue weighted by molar-refractivity contribution is 9.10. The first kappa shape index (κ1) is 10.4. The number of aromatic nitrogens is 1. The van der Waals surface area contributed by atoms with Crippen molar-refractivity contribution in [2.75, 3.05) is 13.1 Å². The molecule has 1 atom stereocenters. The number of halogens is 2. The van der Waals surface area contributed by atoms with E-state index in [1.54, 1.807) is 6.20 Å². The minimum Gasteiger partial charge on any atom is -0.316 e. The van der Waals surface area contributed by atoms with E-state index in [9.17, 15) is 0 Å². The monoisotopic (exact) mass is 274 g/mol. The van der Waals surface area contributed by atoms with Crippen LogP contribution in [-0.4, -0.2) is 18.1 Å². The number of pyridine rings is 1. The van der Waals surface area contributed by atoms with Crippen LogP contribution in [0.1, 0.15) is 24.3 Å². The van der Waals surface area contributed by atoms with Crippen LogP contribution in [0.4, 0.5) is 0 Å². The van der Waals surface area contributed by atoms with Crippen molar-refractivity contribution in [1.82, 2.24) is 10.3 Å². The normalized spacial score (nSPS) is 22.3. The lowest BCUT2D eigenvalue weighted by molar-refractivity contribution is 0.461. The molecule has 0 radical (unpaired) electrons. The van der Waals surface area contributed by atoms with E-state index in [0.717, 1.165) is 23.1 Å². The topological polar surface area (TPSA) is 24.9 Å². The van der Waals surface area contributed by atoms with Crippen molar-refractivity contribution in [2.24, 2.45) is 0 Å². The van der Waals surface area contributed by atoms with Crippen molar-refractivity contribution in [3.63, 3.8) is 0 Å². The molecule has 0 amide bonds. The van der Waals surface area contributed by atoms with E-state index in [0.29, 0.717) is 11.1 Å². The van der Waals surface area contributed by atoms with Crippen molar-refractivity contribution >= 4 is 27.5 Å². The third-order valence-corrected chi connectivity index (χ3v) is 3.32. The molecule has 4 heteroatoms. The highest BCUT2D eigenvalue weighted by Gasteiger charge is 2.18. The first-order valence-corrected chi connectivity index (χ1v) is 5.96. The van der Waals surface area contributed by atoms with Gasteiger partial charge in [0.1, 0.15) is 5.15 Å². The molecule has 1 N–H and O–H groups in total. The van der Waals surface area contributed by atoms with Gasteiger partial charge < -0.3 is 5.32 Å². The summed E-state index contributed by atoms with van der Waals surface area (Å²) in [6.07, 6.45) is 4.15. The Hall–Kier alpha value is -0.120. The molecule has 1 aliphatic heterocycles. The Morgan fingerprint density at radius 2 is 2.43 bits per heavy atom. The Morgan fingerprint density at radius 1 is 1.57 bits per heavy atom. The average Bonchev–Trinajstić information content (AvgIpc) is 2.23. The molecule has 1 aromatic heterocycles. The van der Waals surface area contributed by atoms with Crippen LogP contribution in [0.2, 0.25) is 5.15 Å². The maximum absolute atomic E-state index is 6.07. The van der Waals surface area contributed by atoms with Crippen LogP contribution in [-0.2, 0) is 0 Å². The summed E-state index contributed by atoms with van der Waals surface area (Å²) >= 11 is 9.49. The summed E-state index contributed by atoms with van der Waals surface area (Å²) in [5.41, 5.74) is 1.16. The molecule has 1 aromatic rings. The van der Waals surface area contributed by atoms with Gasteiger partial charge in [0.2, 0.25) is 0 Å². The number of hydrogen-bond acceptors (Lipinski definition) is 2. The van der Waals surface area contributed by atoms with Crippen LogP contribution in [0, 0.1) is 0 Å². The molecule has 1 aliphatic rings. The summed E-state index contributed by atoms with van der Waals surface area (Å²) in [4.78, 5) is 4.14. The third-order valence-electron chi connectivity index (χ3n) is 2.57. The van der Waals surface area contributed by atoms with E-state index in [1.807, 2.05) is 0 Å². The molecule has 0 aliphatic carbocycles. The first-order chi connectivity index (χ1) is 6.77. The first-order valence-electron chi connectivity index (χ1n) is 4.79. The zero-order chi connectivity index (χ0) is 9.97. The number of piperidine rings is 1. The summed E-state index contributed by atoms with van der Waals surface area (Å²) in [5, 5.41) is 4.02. The molecule has 0 spiro atoms. The SMILES string of the molecule is Clc1ncc(Br)cc1C1CCCNC1. The molecule has 1 fully saturated rings. The molecule has 2 rings (SSSR count). The summed E-state index contributed by atoms with van der Waals surface area (Å²) < 4.78 is 1.00. The standard InChI is InChI=1S/C10H12BrClN2/c11-8-4-9(10(12)14-6-8)7-2-1-3-13-5-7/h4,6-7,13H,1-3,5H2. The molecule has 14 heavy (non-hydrogen) atoms. The van der Waals surface area contributed by atoms with Crippen LogP contribution in [0.5, 0.6) is 0 Å². The van der Waals surface area contributed by atoms with Crippen molar-refractivity contribution in [2.45, 2.75) is 18.8 Å². The molecule has 0 bridgehead atoms. The Kier molecular flexibility index (Phi) is 3.42. The number of nitrogens with zero attached hydrogens (tertiary/aromatic N) is 1. The quantitative estimate of drug-likeness (QED) is 0.797. The fourth-order valence-electron chi connectivity index (χ4n) is 1.84. The summed E-state index contributed by atoms with van der Waals surface area (Å²) in [6, 6.07) is 2.08. The maximum Gasteiger partial charge on any atom is 0.132 e. The van der Waals surface area contributed by atoms with Crippen LogP contribution < -0.4 is 5.32 Å².